The van der Waals surface area contributed by atoms with E-state index in [2.05, 4.69) is 68.1 Å². The van der Waals surface area contributed by atoms with Crippen molar-refractivity contribution in [2.24, 2.45) is 0 Å². The van der Waals surface area contributed by atoms with Crippen molar-refractivity contribution in [2.45, 2.75) is 90.6 Å². The summed E-state index contributed by atoms with van der Waals surface area (Å²) in [6.45, 7) is 22.7. The smallest absolute Gasteiger partial charge is 0.0516 e. The SMILES string of the molecule is CC(C)N1CC2CC1CN2CN1C(C)CN(C(C)(C)C)CC1C. The summed E-state index contributed by atoms with van der Waals surface area (Å²) in [5.74, 6) is 0. The molecular weight excluding hydrogens is 284 g/mol. The van der Waals surface area contributed by atoms with E-state index >= 15 is 0 Å². The van der Waals surface area contributed by atoms with Gasteiger partial charge in [-0.3, -0.25) is 19.6 Å². The maximum atomic E-state index is 2.77. The first-order chi connectivity index (χ1) is 10.7. The highest BCUT2D eigenvalue weighted by atomic mass is 15.4. The highest BCUT2D eigenvalue weighted by molar-refractivity contribution is 5.01. The Kier molecular flexibility index (Phi) is 4.83. The van der Waals surface area contributed by atoms with Gasteiger partial charge in [-0.15, -0.1) is 0 Å². The second-order valence-corrected chi connectivity index (χ2v) is 9.53. The molecule has 4 unspecified atom stereocenters. The summed E-state index contributed by atoms with van der Waals surface area (Å²) in [5.41, 5.74) is 0.291. The Balaban J connectivity index is 1.58. The highest BCUT2D eigenvalue weighted by Crippen LogP contribution is 2.33. The predicted octanol–water partition coefficient (Wildman–Crippen LogP) is 2.30. The number of hydrogen-bond acceptors (Lipinski definition) is 4. The van der Waals surface area contributed by atoms with Crippen LogP contribution in [0.3, 0.4) is 0 Å². The van der Waals surface area contributed by atoms with E-state index < -0.39 is 0 Å². The Morgan fingerprint density at radius 2 is 1.52 bits per heavy atom. The minimum Gasteiger partial charge on any atom is -0.295 e. The quantitative estimate of drug-likeness (QED) is 0.790. The molecule has 3 heterocycles. The molecule has 2 bridgehead atoms. The van der Waals surface area contributed by atoms with E-state index in [1.54, 1.807) is 0 Å². The summed E-state index contributed by atoms with van der Waals surface area (Å²) in [6.07, 6.45) is 1.39. The van der Waals surface area contributed by atoms with E-state index in [-0.39, 0.29) is 0 Å². The summed E-state index contributed by atoms with van der Waals surface area (Å²) in [7, 11) is 0. The molecule has 3 fully saturated rings. The third-order valence-corrected chi connectivity index (χ3v) is 6.45. The van der Waals surface area contributed by atoms with Crippen LogP contribution < -0.4 is 0 Å². The van der Waals surface area contributed by atoms with Gasteiger partial charge in [0, 0.05) is 61.9 Å². The molecule has 3 rings (SSSR count). The van der Waals surface area contributed by atoms with Gasteiger partial charge in [0.25, 0.3) is 0 Å². The van der Waals surface area contributed by atoms with Gasteiger partial charge in [0.2, 0.25) is 0 Å². The highest BCUT2D eigenvalue weighted by Gasteiger charge is 2.45. The Morgan fingerprint density at radius 1 is 0.913 bits per heavy atom. The van der Waals surface area contributed by atoms with Crippen LogP contribution >= 0.6 is 0 Å². The largest absolute Gasteiger partial charge is 0.295 e. The van der Waals surface area contributed by atoms with Crippen LogP contribution in [0.15, 0.2) is 0 Å². The first kappa shape index (κ1) is 17.7. The minimum absolute atomic E-state index is 0.291. The molecular formula is C19H38N4. The van der Waals surface area contributed by atoms with Crippen LogP contribution in [0.2, 0.25) is 0 Å². The van der Waals surface area contributed by atoms with Crippen LogP contribution in [0, 0.1) is 0 Å². The van der Waals surface area contributed by atoms with Gasteiger partial charge in [-0.05, 0) is 54.9 Å². The Hall–Kier alpha value is -0.160. The molecule has 3 saturated heterocycles. The summed E-state index contributed by atoms with van der Waals surface area (Å²) in [6, 6.07) is 3.61. The summed E-state index contributed by atoms with van der Waals surface area (Å²) in [5, 5.41) is 0. The molecule has 0 radical (unpaired) electrons. The van der Waals surface area contributed by atoms with E-state index in [0.29, 0.717) is 23.7 Å². The average Bonchev–Trinajstić information content (AvgIpc) is 3.01. The van der Waals surface area contributed by atoms with Gasteiger partial charge >= 0.3 is 0 Å². The number of rotatable bonds is 3. The van der Waals surface area contributed by atoms with E-state index in [1.165, 1.54) is 39.3 Å². The zero-order valence-corrected chi connectivity index (χ0v) is 16.4. The number of hydrogen-bond donors (Lipinski definition) is 0. The maximum Gasteiger partial charge on any atom is 0.0516 e. The average molecular weight is 323 g/mol. The molecule has 0 aliphatic carbocycles. The molecule has 0 spiro atoms. The fourth-order valence-corrected chi connectivity index (χ4v) is 4.98. The lowest BCUT2D eigenvalue weighted by Crippen LogP contribution is -2.63. The van der Waals surface area contributed by atoms with E-state index in [4.69, 9.17) is 0 Å². The van der Waals surface area contributed by atoms with Crippen LogP contribution in [0.4, 0.5) is 0 Å². The first-order valence-electron chi connectivity index (χ1n) is 9.67. The first-order valence-corrected chi connectivity index (χ1v) is 9.67. The van der Waals surface area contributed by atoms with Crippen LogP contribution in [0.1, 0.15) is 54.9 Å². The number of nitrogens with zero attached hydrogens (tertiary/aromatic N) is 4. The van der Waals surface area contributed by atoms with Crippen molar-refractivity contribution in [3.63, 3.8) is 0 Å². The fraction of sp³-hybridized carbons (Fsp3) is 1.00. The fourth-order valence-electron chi connectivity index (χ4n) is 4.98. The summed E-state index contributed by atoms with van der Waals surface area (Å²) >= 11 is 0. The van der Waals surface area contributed by atoms with Crippen molar-refractivity contribution in [2.75, 3.05) is 32.8 Å². The van der Waals surface area contributed by atoms with Gasteiger partial charge in [-0.1, -0.05) is 0 Å². The Morgan fingerprint density at radius 3 is 1.96 bits per heavy atom. The topological polar surface area (TPSA) is 13.0 Å². The molecule has 4 atom stereocenters. The van der Waals surface area contributed by atoms with Crippen LogP contribution in [0.25, 0.3) is 0 Å². The molecule has 0 aromatic rings. The molecule has 0 amide bonds. The minimum atomic E-state index is 0.291. The van der Waals surface area contributed by atoms with Gasteiger partial charge < -0.3 is 0 Å². The van der Waals surface area contributed by atoms with Crippen molar-refractivity contribution < 1.29 is 0 Å². The lowest BCUT2D eigenvalue weighted by molar-refractivity contribution is -0.0429. The molecule has 4 nitrogen and oxygen atoms in total. The predicted molar refractivity (Wildman–Crippen MR) is 97.7 cm³/mol. The van der Waals surface area contributed by atoms with Gasteiger partial charge in [0.1, 0.15) is 0 Å². The zero-order chi connectivity index (χ0) is 16.9. The molecule has 0 N–H and O–H groups in total. The van der Waals surface area contributed by atoms with Crippen molar-refractivity contribution in [3.05, 3.63) is 0 Å². The number of piperazine rings is 2. The number of fused-ring (bicyclic) bond motifs is 2. The molecule has 4 heteroatoms. The Labute approximate surface area is 143 Å². The normalized spacial score (nSPS) is 38.1. The monoisotopic (exact) mass is 322 g/mol. The standard InChI is InChI=1S/C19H38N4/c1-14(2)22-12-17-8-18(22)11-20(17)13-23-15(3)9-21(10-16(23)4)19(5,6)7/h14-18H,8-13H2,1-7H3. The molecule has 3 aliphatic heterocycles. The zero-order valence-electron chi connectivity index (χ0n) is 16.4. The van der Waals surface area contributed by atoms with Gasteiger partial charge in [-0.25, -0.2) is 0 Å². The van der Waals surface area contributed by atoms with E-state index in [9.17, 15) is 0 Å². The van der Waals surface area contributed by atoms with Crippen LogP contribution in [-0.2, 0) is 0 Å². The van der Waals surface area contributed by atoms with Crippen molar-refractivity contribution in [1.82, 2.24) is 19.6 Å². The summed E-state index contributed by atoms with van der Waals surface area (Å²) in [4.78, 5) is 10.9. The van der Waals surface area contributed by atoms with Crippen molar-refractivity contribution in [3.8, 4) is 0 Å². The molecule has 0 saturated carbocycles. The second kappa shape index (κ2) is 6.29. The van der Waals surface area contributed by atoms with Crippen molar-refractivity contribution >= 4 is 0 Å². The molecule has 3 aliphatic rings. The van der Waals surface area contributed by atoms with Crippen LogP contribution in [0.5, 0.6) is 0 Å². The molecule has 23 heavy (non-hydrogen) atoms. The van der Waals surface area contributed by atoms with Gasteiger partial charge in [0.05, 0.1) is 6.67 Å². The second-order valence-electron chi connectivity index (χ2n) is 9.53. The van der Waals surface area contributed by atoms with Gasteiger partial charge in [0.15, 0.2) is 0 Å². The van der Waals surface area contributed by atoms with Crippen LogP contribution in [-0.4, -0.2) is 88.2 Å². The van der Waals surface area contributed by atoms with E-state index in [1.807, 2.05) is 0 Å². The van der Waals surface area contributed by atoms with Gasteiger partial charge in [-0.2, -0.15) is 0 Å². The molecule has 134 valence electrons. The van der Waals surface area contributed by atoms with E-state index in [0.717, 1.165) is 12.1 Å². The Bertz CT molecular complexity index is 404. The summed E-state index contributed by atoms with van der Waals surface area (Å²) < 4.78 is 0. The number of likely N-dealkylation sites (tertiary alicyclic amines) is 2. The third kappa shape index (κ3) is 3.46. The molecule has 0 aromatic carbocycles. The maximum absolute atomic E-state index is 2.77. The molecule has 0 aromatic heterocycles. The lowest BCUT2D eigenvalue weighted by atomic mass is 10.00. The third-order valence-electron chi connectivity index (χ3n) is 6.45. The van der Waals surface area contributed by atoms with Crippen molar-refractivity contribution in [1.29, 1.82) is 0 Å². The lowest BCUT2D eigenvalue weighted by Gasteiger charge is -2.51.